The Balaban J connectivity index is 2.13. The second kappa shape index (κ2) is 5.51. The lowest BCUT2D eigenvalue weighted by Gasteiger charge is -2.22. The molecule has 2 atom stereocenters. The van der Waals surface area contributed by atoms with Crippen LogP contribution >= 0.6 is 11.6 Å². The van der Waals surface area contributed by atoms with Gasteiger partial charge in [0.1, 0.15) is 5.02 Å². The van der Waals surface area contributed by atoms with Crippen molar-refractivity contribution in [1.29, 1.82) is 0 Å². The molecule has 0 amide bonds. The summed E-state index contributed by atoms with van der Waals surface area (Å²) in [6, 6.07) is -0.0569. The summed E-state index contributed by atoms with van der Waals surface area (Å²) in [5.41, 5.74) is 0.0705. The summed E-state index contributed by atoms with van der Waals surface area (Å²) < 4.78 is 0. The van der Waals surface area contributed by atoms with E-state index in [0.29, 0.717) is 5.69 Å². The van der Waals surface area contributed by atoms with Crippen LogP contribution in [0.15, 0.2) is 11.0 Å². The van der Waals surface area contributed by atoms with Crippen LogP contribution < -0.4 is 10.9 Å². The van der Waals surface area contributed by atoms with E-state index in [1.807, 2.05) is 0 Å². The zero-order valence-corrected chi connectivity index (χ0v) is 10.2. The van der Waals surface area contributed by atoms with E-state index in [-0.39, 0.29) is 11.1 Å². The molecular weight excluding hydrogens is 242 g/mol. The molecule has 1 aromatic heterocycles. The van der Waals surface area contributed by atoms with Gasteiger partial charge in [-0.05, 0) is 12.8 Å². The average Bonchev–Trinajstić information content (AvgIpc) is 2.51. The molecule has 0 saturated heterocycles. The molecule has 0 aliphatic heterocycles. The Morgan fingerprint density at radius 1 is 1.41 bits per heavy atom. The summed E-state index contributed by atoms with van der Waals surface area (Å²) >= 11 is 5.87. The van der Waals surface area contributed by atoms with Crippen LogP contribution in [0.2, 0.25) is 5.02 Å². The fourth-order valence-corrected chi connectivity index (χ4v) is 2.29. The van der Waals surface area contributed by atoms with Crippen LogP contribution in [0.4, 0.5) is 5.69 Å². The van der Waals surface area contributed by atoms with Crippen LogP contribution in [0.1, 0.15) is 32.1 Å². The molecule has 1 heterocycles. The van der Waals surface area contributed by atoms with Crippen LogP contribution in [0, 0.1) is 0 Å². The van der Waals surface area contributed by atoms with Gasteiger partial charge in [-0.1, -0.05) is 30.9 Å². The number of hydrogen-bond acceptors (Lipinski definition) is 4. The molecule has 5 nitrogen and oxygen atoms in total. The summed E-state index contributed by atoms with van der Waals surface area (Å²) in [6.07, 6.45) is 5.99. The fraction of sp³-hybridized carbons (Fsp3) is 0.636. The third kappa shape index (κ3) is 2.98. The first-order valence-corrected chi connectivity index (χ1v) is 6.24. The smallest absolute Gasteiger partial charge is 0.285 e. The predicted molar refractivity (Wildman–Crippen MR) is 66.4 cm³/mol. The molecular formula is C11H16ClN3O2. The maximum atomic E-state index is 11.3. The molecule has 1 saturated carbocycles. The fourth-order valence-electron chi connectivity index (χ4n) is 2.14. The maximum absolute atomic E-state index is 11.3. The Kier molecular flexibility index (Phi) is 4.02. The molecule has 1 fully saturated rings. The monoisotopic (exact) mass is 257 g/mol. The van der Waals surface area contributed by atoms with Crippen LogP contribution in [-0.4, -0.2) is 27.4 Å². The van der Waals surface area contributed by atoms with E-state index in [4.69, 9.17) is 11.6 Å². The topological polar surface area (TPSA) is 78.0 Å². The minimum absolute atomic E-state index is 0.0569. The summed E-state index contributed by atoms with van der Waals surface area (Å²) in [7, 11) is 0. The number of rotatable bonds is 2. The number of nitrogens with zero attached hydrogens (tertiary/aromatic N) is 1. The standard InChI is InChI=1S/C11H16ClN3O2/c12-10-8(6-13-15-11(10)17)14-7-4-2-1-3-5-9(7)16/h6-7,9,16H,1-5H2,(H2,14,15,17). The highest BCUT2D eigenvalue weighted by molar-refractivity contribution is 6.32. The number of aromatic amines is 1. The lowest BCUT2D eigenvalue weighted by molar-refractivity contribution is 0.144. The number of H-pyrrole nitrogens is 1. The zero-order chi connectivity index (χ0) is 12.3. The van der Waals surface area contributed by atoms with Crippen molar-refractivity contribution in [2.75, 3.05) is 5.32 Å². The highest BCUT2D eigenvalue weighted by Crippen LogP contribution is 2.23. The SMILES string of the molecule is O=c1[nH]ncc(NC2CCCCCC2O)c1Cl. The van der Waals surface area contributed by atoms with E-state index < -0.39 is 11.7 Å². The molecule has 0 bridgehead atoms. The average molecular weight is 258 g/mol. The molecule has 1 aliphatic carbocycles. The molecule has 0 spiro atoms. The first kappa shape index (κ1) is 12.4. The number of anilines is 1. The van der Waals surface area contributed by atoms with Crippen molar-refractivity contribution in [1.82, 2.24) is 10.2 Å². The Bertz CT molecular complexity index is 435. The lowest BCUT2D eigenvalue weighted by Crippen LogP contribution is -2.33. The third-order valence-corrected chi connectivity index (χ3v) is 3.49. The predicted octanol–water partition coefficient (Wildman–Crippen LogP) is 1.53. The van der Waals surface area contributed by atoms with Gasteiger partial charge in [-0.2, -0.15) is 5.10 Å². The number of nitrogens with one attached hydrogen (secondary N) is 2. The maximum Gasteiger partial charge on any atom is 0.285 e. The van der Waals surface area contributed by atoms with Gasteiger partial charge in [0.2, 0.25) is 0 Å². The highest BCUT2D eigenvalue weighted by Gasteiger charge is 2.22. The first-order chi connectivity index (χ1) is 8.18. The van der Waals surface area contributed by atoms with Crippen molar-refractivity contribution in [3.8, 4) is 0 Å². The number of aliphatic hydroxyl groups is 1. The zero-order valence-electron chi connectivity index (χ0n) is 9.45. The molecule has 17 heavy (non-hydrogen) atoms. The van der Waals surface area contributed by atoms with Crippen molar-refractivity contribution in [3.05, 3.63) is 21.6 Å². The molecule has 0 radical (unpaired) electrons. The van der Waals surface area contributed by atoms with Gasteiger partial charge in [-0.3, -0.25) is 4.79 Å². The number of aliphatic hydroxyl groups excluding tert-OH is 1. The van der Waals surface area contributed by atoms with Gasteiger partial charge in [-0.25, -0.2) is 5.10 Å². The Labute approximate surface area is 104 Å². The van der Waals surface area contributed by atoms with E-state index >= 15 is 0 Å². The minimum atomic E-state index is -0.417. The Morgan fingerprint density at radius 2 is 2.18 bits per heavy atom. The van der Waals surface area contributed by atoms with Crippen LogP contribution in [0.25, 0.3) is 0 Å². The van der Waals surface area contributed by atoms with Crippen molar-refractivity contribution >= 4 is 17.3 Å². The van der Waals surface area contributed by atoms with Gasteiger partial charge in [-0.15, -0.1) is 0 Å². The molecule has 1 aromatic rings. The lowest BCUT2D eigenvalue weighted by atomic mass is 10.1. The molecule has 6 heteroatoms. The van der Waals surface area contributed by atoms with Gasteiger partial charge >= 0.3 is 0 Å². The second-order valence-electron chi connectivity index (χ2n) is 4.38. The van der Waals surface area contributed by atoms with Crippen molar-refractivity contribution < 1.29 is 5.11 Å². The molecule has 2 rings (SSSR count). The molecule has 94 valence electrons. The Hall–Kier alpha value is -1.07. The van der Waals surface area contributed by atoms with Gasteiger partial charge in [0.25, 0.3) is 5.56 Å². The highest BCUT2D eigenvalue weighted by atomic mass is 35.5. The summed E-state index contributed by atoms with van der Waals surface area (Å²) in [6.45, 7) is 0. The van der Waals surface area contributed by atoms with Crippen LogP contribution in [0.3, 0.4) is 0 Å². The molecule has 1 aliphatic rings. The van der Waals surface area contributed by atoms with Gasteiger partial charge < -0.3 is 10.4 Å². The van der Waals surface area contributed by atoms with E-state index in [0.717, 1.165) is 32.1 Å². The van der Waals surface area contributed by atoms with Crippen LogP contribution in [0.5, 0.6) is 0 Å². The van der Waals surface area contributed by atoms with Crippen molar-refractivity contribution in [3.63, 3.8) is 0 Å². The van der Waals surface area contributed by atoms with E-state index in [9.17, 15) is 9.90 Å². The molecule has 3 N–H and O–H groups in total. The summed E-state index contributed by atoms with van der Waals surface area (Å²) in [4.78, 5) is 11.3. The number of aromatic nitrogens is 2. The normalized spacial score (nSPS) is 25.3. The molecule has 0 aromatic carbocycles. The van der Waals surface area contributed by atoms with Gasteiger partial charge in [0.05, 0.1) is 24.0 Å². The number of halogens is 1. The van der Waals surface area contributed by atoms with E-state index in [1.54, 1.807) is 0 Å². The van der Waals surface area contributed by atoms with E-state index in [2.05, 4.69) is 15.5 Å². The minimum Gasteiger partial charge on any atom is -0.391 e. The van der Waals surface area contributed by atoms with Gasteiger partial charge in [0.15, 0.2) is 0 Å². The van der Waals surface area contributed by atoms with Crippen molar-refractivity contribution in [2.24, 2.45) is 0 Å². The van der Waals surface area contributed by atoms with E-state index in [1.165, 1.54) is 6.20 Å². The second-order valence-corrected chi connectivity index (χ2v) is 4.76. The largest absolute Gasteiger partial charge is 0.391 e. The summed E-state index contributed by atoms with van der Waals surface area (Å²) in [5.74, 6) is 0. The van der Waals surface area contributed by atoms with Crippen molar-refractivity contribution in [2.45, 2.75) is 44.2 Å². The Morgan fingerprint density at radius 3 is 3.00 bits per heavy atom. The summed E-state index contributed by atoms with van der Waals surface area (Å²) in [5, 5.41) is 19.1. The quantitative estimate of drug-likeness (QED) is 0.702. The number of hydrogen-bond donors (Lipinski definition) is 3. The molecule has 2 unspecified atom stereocenters. The van der Waals surface area contributed by atoms with Gasteiger partial charge in [0, 0.05) is 0 Å². The van der Waals surface area contributed by atoms with Crippen LogP contribution in [-0.2, 0) is 0 Å². The first-order valence-electron chi connectivity index (χ1n) is 5.86. The third-order valence-electron chi connectivity index (χ3n) is 3.12.